The molecule has 1 aliphatic rings. The number of carbonyl (C=O) groups excluding carboxylic acids is 1. The zero-order chi connectivity index (χ0) is 20.8. The Kier molecular flexibility index (Phi) is 7.04. The number of carbonyl (C=O) groups is 1. The summed E-state index contributed by atoms with van der Waals surface area (Å²) in [5, 5.41) is 3.14. The lowest BCUT2D eigenvalue weighted by molar-refractivity contribution is -0.122. The molecule has 0 aromatic heterocycles. The van der Waals surface area contributed by atoms with E-state index in [0.717, 1.165) is 24.8 Å². The molecule has 0 aliphatic heterocycles. The predicted molar refractivity (Wildman–Crippen MR) is 106 cm³/mol. The molecule has 0 fully saturated rings. The zero-order valence-electron chi connectivity index (χ0n) is 16.7. The van der Waals surface area contributed by atoms with E-state index >= 15 is 0 Å². The topological polar surface area (TPSA) is 50.8 Å². The number of hydrogen-bond donors (Lipinski definition) is 1. The Morgan fingerprint density at radius 2 is 2.03 bits per heavy atom. The van der Waals surface area contributed by atoms with Gasteiger partial charge in [0.15, 0.2) is 11.5 Å². The van der Waals surface area contributed by atoms with E-state index in [1.807, 2.05) is 24.1 Å². The van der Waals surface area contributed by atoms with Gasteiger partial charge in [-0.3, -0.25) is 9.69 Å². The number of hydrogen-bond acceptors (Lipinski definition) is 4. The number of likely N-dealkylation sites (N-methyl/N-ethyl adjacent to an activating group) is 1. The molecule has 2 aromatic rings. The average molecular weight is 404 g/mol. The molecule has 1 unspecified atom stereocenters. The van der Waals surface area contributed by atoms with Crippen molar-refractivity contribution in [1.82, 2.24) is 10.2 Å². The highest BCUT2D eigenvalue weighted by molar-refractivity contribution is 5.78. The number of nitrogens with zero attached hydrogens (tertiary/aromatic N) is 1. The van der Waals surface area contributed by atoms with Crippen molar-refractivity contribution in [2.45, 2.75) is 38.5 Å². The van der Waals surface area contributed by atoms with E-state index in [0.29, 0.717) is 6.54 Å². The summed E-state index contributed by atoms with van der Waals surface area (Å²) in [6, 6.07) is 13.1. The standard InChI is InChI=1S/C22H26F2N2O3/c1-26(13-15-10-11-19(29-22(23)24)20(12-15)28-2)14-21(27)25-18-9-5-7-16-6-3-4-8-17(16)18/h3-4,6,8,10-12,18,22H,5,7,9,13-14H2,1-2H3,(H,25,27). The fourth-order valence-corrected chi connectivity index (χ4v) is 3.76. The summed E-state index contributed by atoms with van der Waals surface area (Å²) in [5.41, 5.74) is 3.34. The quantitative estimate of drug-likeness (QED) is 0.725. The monoisotopic (exact) mass is 404 g/mol. The molecule has 0 spiro atoms. The molecule has 7 heteroatoms. The van der Waals surface area contributed by atoms with Crippen molar-refractivity contribution in [3.63, 3.8) is 0 Å². The second-order valence-corrected chi connectivity index (χ2v) is 7.25. The molecular formula is C22H26F2N2O3. The molecule has 5 nitrogen and oxygen atoms in total. The van der Waals surface area contributed by atoms with Crippen LogP contribution in [0.1, 0.15) is 35.6 Å². The van der Waals surface area contributed by atoms with E-state index in [4.69, 9.17) is 4.74 Å². The van der Waals surface area contributed by atoms with Crippen LogP contribution >= 0.6 is 0 Å². The van der Waals surface area contributed by atoms with Gasteiger partial charge < -0.3 is 14.8 Å². The van der Waals surface area contributed by atoms with Crippen LogP contribution in [-0.2, 0) is 17.8 Å². The second-order valence-electron chi connectivity index (χ2n) is 7.25. The van der Waals surface area contributed by atoms with Crippen molar-refractivity contribution in [2.24, 2.45) is 0 Å². The molecule has 1 aliphatic carbocycles. The minimum absolute atomic E-state index is 0.0115. The maximum atomic E-state index is 12.5. The van der Waals surface area contributed by atoms with Crippen LogP contribution in [0.25, 0.3) is 0 Å². The Morgan fingerprint density at radius 1 is 1.24 bits per heavy atom. The molecule has 0 saturated carbocycles. The molecular weight excluding hydrogens is 378 g/mol. The predicted octanol–water partition coefficient (Wildman–Crippen LogP) is 3.92. The molecule has 29 heavy (non-hydrogen) atoms. The Labute approximate surface area is 169 Å². The molecule has 2 aromatic carbocycles. The molecule has 0 radical (unpaired) electrons. The highest BCUT2D eigenvalue weighted by Crippen LogP contribution is 2.30. The van der Waals surface area contributed by atoms with Crippen LogP contribution in [0.5, 0.6) is 11.5 Å². The molecule has 1 amide bonds. The minimum atomic E-state index is -2.91. The minimum Gasteiger partial charge on any atom is -0.493 e. The number of alkyl halides is 2. The van der Waals surface area contributed by atoms with Crippen molar-refractivity contribution < 1.29 is 23.0 Å². The van der Waals surface area contributed by atoms with Crippen LogP contribution in [0.3, 0.4) is 0 Å². The molecule has 156 valence electrons. The van der Waals surface area contributed by atoms with Gasteiger partial charge in [-0.25, -0.2) is 0 Å². The molecule has 3 rings (SSSR count). The number of ether oxygens (including phenoxy) is 2. The van der Waals surface area contributed by atoms with Gasteiger partial charge in [-0.05, 0) is 55.1 Å². The van der Waals surface area contributed by atoms with Crippen molar-refractivity contribution in [3.8, 4) is 11.5 Å². The number of aryl methyl sites for hydroxylation is 1. The number of benzene rings is 2. The van der Waals surface area contributed by atoms with Gasteiger partial charge in [-0.2, -0.15) is 8.78 Å². The van der Waals surface area contributed by atoms with Crippen molar-refractivity contribution >= 4 is 5.91 Å². The van der Waals surface area contributed by atoms with Crippen molar-refractivity contribution in [3.05, 3.63) is 59.2 Å². The number of nitrogens with one attached hydrogen (secondary N) is 1. The fraction of sp³-hybridized carbons (Fsp3) is 0.409. The third-order valence-corrected chi connectivity index (χ3v) is 5.01. The average Bonchev–Trinajstić information content (AvgIpc) is 2.69. The van der Waals surface area contributed by atoms with Gasteiger partial charge in [0, 0.05) is 6.54 Å². The summed E-state index contributed by atoms with van der Waals surface area (Å²) in [7, 11) is 3.24. The highest BCUT2D eigenvalue weighted by atomic mass is 19.3. The van der Waals surface area contributed by atoms with Gasteiger partial charge in [-0.15, -0.1) is 0 Å². The number of rotatable bonds is 8. The van der Waals surface area contributed by atoms with E-state index in [2.05, 4.69) is 22.2 Å². The van der Waals surface area contributed by atoms with Gasteiger partial charge in [0.1, 0.15) is 0 Å². The first-order valence-corrected chi connectivity index (χ1v) is 9.63. The van der Waals surface area contributed by atoms with Crippen LogP contribution < -0.4 is 14.8 Å². The molecule has 0 heterocycles. The van der Waals surface area contributed by atoms with Gasteiger partial charge >= 0.3 is 6.61 Å². The van der Waals surface area contributed by atoms with Crippen LogP contribution in [0.4, 0.5) is 8.78 Å². The smallest absolute Gasteiger partial charge is 0.387 e. The van der Waals surface area contributed by atoms with E-state index in [1.54, 1.807) is 12.1 Å². The van der Waals surface area contributed by atoms with Crippen LogP contribution in [0.2, 0.25) is 0 Å². The molecule has 0 saturated heterocycles. The maximum absolute atomic E-state index is 12.5. The summed E-state index contributed by atoms with van der Waals surface area (Å²) in [5.74, 6) is 0.181. The maximum Gasteiger partial charge on any atom is 0.387 e. The van der Waals surface area contributed by atoms with Crippen LogP contribution in [-0.4, -0.2) is 38.1 Å². The summed E-state index contributed by atoms with van der Waals surface area (Å²) >= 11 is 0. The first-order chi connectivity index (χ1) is 14.0. The van der Waals surface area contributed by atoms with Gasteiger partial charge in [-0.1, -0.05) is 30.3 Å². The van der Waals surface area contributed by atoms with E-state index in [1.165, 1.54) is 24.3 Å². The largest absolute Gasteiger partial charge is 0.493 e. The lowest BCUT2D eigenvalue weighted by Crippen LogP contribution is -2.38. The Balaban J connectivity index is 1.57. The summed E-state index contributed by atoms with van der Waals surface area (Å²) in [4.78, 5) is 14.4. The summed E-state index contributed by atoms with van der Waals surface area (Å²) < 4.78 is 34.5. The van der Waals surface area contributed by atoms with Gasteiger partial charge in [0.05, 0.1) is 19.7 Å². The normalized spacial score (nSPS) is 15.9. The Hall–Kier alpha value is -2.67. The third kappa shape index (κ3) is 5.67. The zero-order valence-corrected chi connectivity index (χ0v) is 16.7. The number of halogens is 2. The van der Waals surface area contributed by atoms with E-state index < -0.39 is 6.61 Å². The number of fused-ring (bicyclic) bond motifs is 1. The number of amides is 1. The SMILES string of the molecule is COc1cc(CN(C)CC(=O)NC2CCCc3ccccc32)ccc1OC(F)F. The Morgan fingerprint density at radius 3 is 2.79 bits per heavy atom. The summed E-state index contributed by atoms with van der Waals surface area (Å²) in [6.07, 6.45) is 3.05. The van der Waals surface area contributed by atoms with E-state index in [9.17, 15) is 13.6 Å². The van der Waals surface area contributed by atoms with Gasteiger partial charge in [0.2, 0.25) is 5.91 Å². The molecule has 0 bridgehead atoms. The van der Waals surface area contributed by atoms with Gasteiger partial charge in [0.25, 0.3) is 0 Å². The third-order valence-electron chi connectivity index (χ3n) is 5.01. The van der Waals surface area contributed by atoms with E-state index in [-0.39, 0.29) is 30.0 Å². The van der Waals surface area contributed by atoms with Crippen molar-refractivity contribution in [1.29, 1.82) is 0 Å². The lowest BCUT2D eigenvalue weighted by atomic mass is 9.88. The Bertz CT molecular complexity index is 845. The van der Waals surface area contributed by atoms with Crippen molar-refractivity contribution in [2.75, 3.05) is 20.7 Å². The first kappa shape index (κ1) is 21.0. The summed E-state index contributed by atoms with van der Waals surface area (Å²) in [6.45, 7) is -2.21. The lowest BCUT2D eigenvalue weighted by Gasteiger charge is -2.27. The first-order valence-electron chi connectivity index (χ1n) is 9.63. The van der Waals surface area contributed by atoms with Crippen LogP contribution in [0, 0.1) is 0 Å². The highest BCUT2D eigenvalue weighted by Gasteiger charge is 2.22. The molecule has 1 N–H and O–H groups in total. The van der Waals surface area contributed by atoms with Crippen LogP contribution in [0.15, 0.2) is 42.5 Å². The second kappa shape index (κ2) is 9.69. The number of methoxy groups -OCH3 is 1. The fourth-order valence-electron chi connectivity index (χ4n) is 3.76. The molecule has 1 atom stereocenters.